The minimum absolute atomic E-state index is 0.452. The molecule has 0 fully saturated rings. The van der Waals surface area contributed by atoms with Crippen LogP contribution in [0, 0.1) is 0 Å². The molecule has 0 aliphatic carbocycles. The lowest BCUT2D eigenvalue weighted by atomic mass is 9.88. The van der Waals surface area contributed by atoms with E-state index in [0.29, 0.717) is 5.56 Å². The van der Waals surface area contributed by atoms with Crippen LogP contribution in [0.5, 0.6) is 0 Å². The van der Waals surface area contributed by atoms with E-state index in [2.05, 4.69) is 18.2 Å². The van der Waals surface area contributed by atoms with Crippen molar-refractivity contribution in [3.05, 3.63) is 109 Å². The van der Waals surface area contributed by atoms with Crippen LogP contribution in [0.4, 0.5) is 0 Å². The van der Waals surface area contributed by atoms with Crippen molar-refractivity contribution < 1.29 is 4.79 Å². The first-order chi connectivity index (χ1) is 13.3. The topological polar surface area (TPSA) is 17.1 Å². The highest BCUT2D eigenvalue weighted by atomic mass is 35.5. The third-order valence-corrected chi connectivity index (χ3v) is 4.84. The molecule has 0 aliphatic rings. The molecule has 0 radical (unpaired) electrons. The van der Waals surface area contributed by atoms with E-state index in [-0.39, 0.29) is 0 Å². The quantitative estimate of drug-likeness (QED) is 0.352. The zero-order valence-corrected chi connectivity index (χ0v) is 15.4. The average Bonchev–Trinajstić information content (AvgIpc) is 2.74. The van der Waals surface area contributed by atoms with E-state index in [1.165, 1.54) is 0 Å². The highest BCUT2D eigenvalue weighted by Gasteiger charge is 2.19. The van der Waals surface area contributed by atoms with Crippen molar-refractivity contribution in [3.8, 4) is 33.4 Å². The van der Waals surface area contributed by atoms with Gasteiger partial charge in [0.25, 0.3) is 5.24 Å². The van der Waals surface area contributed by atoms with Crippen molar-refractivity contribution in [1.82, 2.24) is 0 Å². The predicted molar refractivity (Wildman–Crippen MR) is 113 cm³/mol. The molecular formula is C25H17ClO. The Morgan fingerprint density at radius 1 is 0.481 bits per heavy atom. The summed E-state index contributed by atoms with van der Waals surface area (Å²) in [5.74, 6) is 0. The van der Waals surface area contributed by atoms with E-state index in [0.717, 1.165) is 33.4 Å². The van der Waals surface area contributed by atoms with Gasteiger partial charge < -0.3 is 0 Å². The van der Waals surface area contributed by atoms with Gasteiger partial charge in [0.15, 0.2) is 0 Å². The first kappa shape index (κ1) is 17.3. The Morgan fingerprint density at radius 2 is 0.926 bits per heavy atom. The van der Waals surface area contributed by atoms with Crippen LogP contribution in [0.2, 0.25) is 0 Å². The first-order valence-electron chi connectivity index (χ1n) is 8.79. The number of rotatable bonds is 4. The van der Waals surface area contributed by atoms with Gasteiger partial charge in [-0.25, -0.2) is 0 Å². The van der Waals surface area contributed by atoms with E-state index >= 15 is 0 Å². The van der Waals surface area contributed by atoms with Crippen molar-refractivity contribution in [3.63, 3.8) is 0 Å². The maximum atomic E-state index is 12.4. The highest BCUT2D eigenvalue weighted by molar-refractivity contribution is 6.68. The van der Waals surface area contributed by atoms with Crippen molar-refractivity contribution in [2.24, 2.45) is 0 Å². The predicted octanol–water partition coefficient (Wildman–Crippen LogP) is 7.07. The number of hydrogen-bond acceptors (Lipinski definition) is 1. The van der Waals surface area contributed by atoms with Gasteiger partial charge in [0, 0.05) is 5.56 Å². The summed E-state index contributed by atoms with van der Waals surface area (Å²) in [5, 5.41) is -0.452. The number of carbonyl (C=O) groups is 1. The lowest BCUT2D eigenvalue weighted by Gasteiger charge is -2.16. The highest BCUT2D eigenvalue weighted by Crippen LogP contribution is 2.38. The molecule has 130 valence electrons. The summed E-state index contributed by atoms with van der Waals surface area (Å²) < 4.78 is 0. The van der Waals surface area contributed by atoms with Crippen LogP contribution in [-0.4, -0.2) is 5.24 Å². The molecule has 0 saturated heterocycles. The van der Waals surface area contributed by atoms with Gasteiger partial charge in [-0.3, -0.25) is 4.79 Å². The Morgan fingerprint density at radius 3 is 1.52 bits per heavy atom. The van der Waals surface area contributed by atoms with Crippen LogP contribution in [0.3, 0.4) is 0 Å². The first-order valence-corrected chi connectivity index (χ1v) is 9.16. The smallest absolute Gasteiger partial charge is 0.253 e. The largest absolute Gasteiger partial charge is 0.276 e. The number of hydrogen-bond donors (Lipinski definition) is 0. The zero-order valence-electron chi connectivity index (χ0n) is 14.6. The summed E-state index contributed by atoms with van der Waals surface area (Å²) in [6.07, 6.45) is 0. The number of carbonyl (C=O) groups excluding carboxylic acids is 1. The molecule has 0 atom stereocenters. The van der Waals surface area contributed by atoms with Crippen LogP contribution in [0.25, 0.3) is 33.4 Å². The fourth-order valence-corrected chi connectivity index (χ4v) is 3.64. The number of benzene rings is 4. The van der Waals surface area contributed by atoms with Gasteiger partial charge in [0.05, 0.1) is 0 Å². The Hall–Kier alpha value is -3.16. The molecule has 0 saturated carbocycles. The van der Waals surface area contributed by atoms with E-state index in [9.17, 15) is 4.79 Å². The zero-order chi connectivity index (χ0) is 18.6. The molecule has 4 aromatic carbocycles. The van der Waals surface area contributed by atoms with Crippen LogP contribution in [0.15, 0.2) is 103 Å². The summed E-state index contributed by atoms with van der Waals surface area (Å²) in [6, 6.07) is 34.0. The molecule has 1 nitrogen and oxygen atoms in total. The lowest BCUT2D eigenvalue weighted by Crippen LogP contribution is -1.99. The molecule has 2 heteroatoms. The average molecular weight is 369 g/mol. The molecule has 0 aliphatic heterocycles. The molecule has 0 aromatic heterocycles. The Balaban J connectivity index is 1.98. The van der Waals surface area contributed by atoms with Gasteiger partial charge in [0.1, 0.15) is 0 Å². The van der Waals surface area contributed by atoms with Crippen LogP contribution >= 0.6 is 11.6 Å². The van der Waals surface area contributed by atoms with E-state index in [4.69, 9.17) is 11.6 Å². The lowest BCUT2D eigenvalue weighted by molar-refractivity contribution is 0.108. The second-order valence-corrected chi connectivity index (χ2v) is 6.62. The summed E-state index contributed by atoms with van der Waals surface area (Å²) in [7, 11) is 0. The standard InChI is InChI=1S/C25H17ClO/c26-25(27)24-21(19-12-5-2-6-13-19)16-9-17-23(24)22-15-8-7-14-20(22)18-10-3-1-4-11-18/h1-17H. The van der Waals surface area contributed by atoms with Gasteiger partial charge in [-0.15, -0.1) is 0 Å². The Kier molecular flexibility index (Phi) is 4.86. The van der Waals surface area contributed by atoms with Crippen molar-refractivity contribution in [2.45, 2.75) is 0 Å². The molecule has 4 rings (SSSR count). The minimum Gasteiger partial charge on any atom is -0.276 e. The summed E-state index contributed by atoms with van der Waals surface area (Å²) in [6.45, 7) is 0. The van der Waals surface area contributed by atoms with Gasteiger partial charge in [-0.2, -0.15) is 0 Å². The maximum absolute atomic E-state index is 12.4. The fourth-order valence-electron chi connectivity index (χ4n) is 3.43. The second-order valence-electron chi connectivity index (χ2n) is 6.28. The normalized spacial score (nSPS) is 10.6. The van der Waals surface area contributed by atoms with E-state index < -0.39 is 5.24 Å². The third-order valence-electron chi connectivity index (χ3n) is 4.65. The molecule has 0 amide bonds. The van der Waals surface area contributed by atoms with Crippen LogP contribution in [-0.2, 0) is 0 Å². The molecule has 0 bridgehead atoms. The minimum atomic E-state index is -0.452. The Labute approximate surface area is 163 Å². The van der Waals surface area contributed by atoms with E-state index in [1.807, 2.05) is 84.9 Å². The molecule has 0 spiro atoms. The monoisotopic (exact) mass is 368 g/mol. The fraction of sp³-hybridized carbons (Fsp3) is 0. The van der Waals surface area contributed by atoms with Crippen molar-refractivity contribution in [2.75, 3.05) is 0 Å². The van der Waals surface area contributed by atoms with Gasteiger partial charge in [0.2, 0.25) is 0 Å². The van der Waals surface area contributed by atoms with Crippen molar-refractivity contribution in [1.29, 1.82) is 0 Å². The van der Waals surface area contributed by atoms with Gasteiger partial charge in [-0.1, -0.05) is 103 Å². The Bertz CT molecular complexity index is 1090. The SMILES string of the molecule is O=C(Cl)c1c(-c2ccccc2)cccc1-c1ccccc1-c1ccccc1. The molecule has 0 unspecified atom stereocenters. The van der Waals surface area contributed by atoms with Crippen LogP contribution < -0.4 is 0 Å². The number of halogens is 1. The molecule has 0 heterocycles. The van der Waals surface area contributed by atoms with Crippen LogP contribution in [0.1, 0.15) is 10.4 Å². The molecule has 0 N–H and O–H groups in total. The van der Waals surface area contributed by atoms with Gasteiger partial charge in [-0.05, 0) is 45.0 Å². The van der Waals surface area contributed by atoms with Crippen molar-refractivity contribution >= 4 is 16.8 Å². The van der Waals surface area contributed by atoms with Gasteiger partial charge >= 0.3 is 0 Å². The molecule has 27 heavy (non-hydrogen) atoms. The third kappa shape index (κ3) is 3.42. The summed E-state index contributed by atoms with van der Waals surface area (Å²) in [5.41, 5.74) is 6.36. The maximum Gasteiger partial charge on any atom is 0.253 e. The second kappa shape index (κ2) is 7.61. The molecular weight excluding hydrogens is 352 g/mol. The summed E-state index contributed by atoms with van der Waals surface area (Å²) in [4.78, 5) is 12.4. The summed E-state index contributed by atoms with van der Waals surface area (Å²) >= 11 is 6.07. The van der Waals surface area contributed by atoms with E-state index in [1.54, 1.807) is 0 Å². The molecule has 4 aromatic rings.